The lowest BCUT2D eigenvalue weighted by molar-refractivity contribution is 0.759. The first-order valence-corrected chi connectivity index (χ1v) is 10.4. The Kier molecular flexibility index (Phi) is 3.95. The first-order chi connectivity index (χ1) is 15.7. The molecule has 4 aromatic heterocycles. The van der Waals surface area contributed by atoms with Crippen LogP contribution < -0.4 is 5.56 Å². The van der Waals surface area contributed by atoms with Gasteiger partial charge in [-0.25, -0.2) is 4.98 Å². The van der Waals surface area contributed by atoms with Gasteiger partial charge >= 0.3 is 0 Å². The Morgan fingerprint density at radius 2 is 1.88 bits per heavy atom. The van der Waals surface area contributed by atoms with Crippen molar-refractivity contribution in [1.29, 1.82) is 5.26 Å². The molecule has 1 aromatic carbocycles. The lowest BCUT2D eigenvalue weighted by Gasteiger charge is -2.12. The Bertz CT molecular complexity index is 1590. The zero-order chi connectivity index (χ0) is 21.8. The van der Waals surface area contributed by atoms with Crippen molar-refractivity contribution in [3.8, 4) is 17.6 Å². The van der Waals surface area contributed by atoms with Crippen molar-refractivity contribution >= 4 is 16.6 Å². The minimum atomic E-state index is -0.192. The molecule has 9 heteroatoms. The second-order valence-corrected chi connectivity index (χ2v) is 8.17. The summed E-state index contributed by atoms with van der Waals surface area (Å²) < 4.78 is 4.77. The minimum Gasteiger partial charge on any atom is -0.299 e. The quantitative estimate of drug-likeness (QED) is 0.441. The van der Waals surface area contributed by atoms with Crippen LogP contribution in [-0.2, 0) is 6.54 Å². The number of imidazole rings is 1. The van der Waals surface area contributed by atoms with Gasteiger partial charge in [0.1, 0.15) is 23.2 Å². The van der Waals surface area contributed by atoms with Crippen molar-refractivity contribution in [2.75, 3.05) is 0 Å². The fraction of sp³-hybridized carbons (Fsp3) is 0.217. The van der Waals surface area contributed by atoms with E-state index in [1.165, 1.54) is 4.68 Å². The fourth-order valence-corrected chi connectivity index (χ4v) is 4.42. The van der Waals surface area contributed by atoms with Crippen molar-refractivity contribution in [1.82, 2.24) is 33.9 Å². The third-order valence-corrected chi connectivity index (χ3v) is 6.18. The monoisotopic (exact) mass is 422 g/mol. The molecule has 0 bridgehead atoms. The third-order valence-electron chi connectivity index (χ3n) is 6.18. The zero-order valence-corrected chi connectivity index (χ0v) is 17.3. The molecule has 6 rings (SSSR count). The van der Waals surface area contributed by atoms with Gasteiger partial charge in [-0.15, -0.1) is 9.78 Å². The maximum absolute atomic E-state index is 13.8. The van der Waals surface area contributed by atoms with Gasteiger partial charge in [0.05, 0.1) is 29.0 Å². The third kappa shape index (κ3) is 2.66. The molecule has 1 saturated carbocycles. The molecule has 1 aliphatic carbocycles. The second-order valence-electron chi connectivity index (χ2n) is 8.17. The van der Waals surface area contributed by atoms with Gasteiger partial charge in [0, 0.05) is 12.1 Å². The van der Waals surface area contributed by atoms with Gasteiger partial charge < -0.3 is 0 Å². The molecular formula is C23H18N8O. The van der Waals surface area contributed by atoms with E-state index in [1.807, 2.05) is 42.5 Å². The molecular weight excluding hydrogens is 404 g/mol. The maximum Gasteiger partial charge on any atom is 0.278 e. The predicted octanol–water partition coefficient (Wildman–Crippen LogP) is 2.80. The van der Waals surface area contributed by atoms with Gasteiger partial charge in [-0.2, -0.15) is 5.26 Å². The Hall–Kier alpha value is -4.32. The number of para-hydroxylation sites is 2. The van der Waals surface area contributed by atoms with Gasteiger partial charge in [-0.1, -0.05) is 30.3 Å². The summed E-state index contributed by atoms with van der Waals surface area (Å²) in [6, 6.07) is 13.4. The molecule has 1 fully saturated rings. The fourth-order valence-electron chi connectivity index (χ4n) is 4.42. The van der Waals surface area contributed by atoms with Gasteiger partial charge in [-0.3, -0.25) is 18.7 Å². The van der Waals surface area contributed by atoms with Gasteiger partial charge in [-0.05, 0) is 36.6 Å². The molecule has 2 unspecified atom stereocenters. The molecule has 4 heterocycles. The van der Waals surface area contributed by atoms with Crippen LogP contribution in [0.5, 0.6) is 0 Å². The van der Waals surface area contributed by atoms with E-state index < -0.39 is 0 Å². The molecule has 5 aromatic rings. The Morgan fingerprint density at radius 3 is 2.59 bits per heavy atom. The van der Waals surface area contributed by atoms with Gasteiger partial charge in [0.2, 0.25) is 6.19 Å². The summed E-state index contributed by atoms with van der Waals surface area (Å²) in [6.45, 7) is 2.46. The maximum atomic E-state index is 13.8. The topological polar surface area (TPSA) is 107 Å². The predicted molar refractivity (Wildman–Crippen MR) is 117 cm³/mol. The first kappa shape index (κ1) is 18.4. The Morgan fingerprint density at radius 1 is 1.09 bits per heavy atom. The van der Waals surface area contributed by atoms with Crippen LogP contribution in [0.25, 0.3) is 27.9 Å². The number of hydrogen-bond donors (Lipinski definition) is 0. The summed E-state index contributed by atoms with van der Waals surface area (Å²) in [5, 5.41) is 17.8. The molecule has 9 nitrogen and oxygen atoms in total. The number of nitrogens with zero attached hydrogens (tertiary/aromatic N) is 8. The molecule has 0 saturated heterocycles. The summed E-state index contributed by atoms with van der Waals surface area (Å²) in [6.07, 6.45) is 6.39. The average molecular weight is 422 g/mol. The number of benzene rings is 1. The summed E-state index contributed by atoms with van der Waals surface area (Å²) in [5.74, 6) is 0.627. The van der Waals surface area contributed by atoms with Crippen molar-refractivity contribution in [3.05, 3.63) is 76.7 Å². The summed E-state index contributed by atoms with van der Waals surface area (Å²) in [4.78, 5) is 22.8. The molecule has 32 heavy (non-hydrogen) atoms. The molecule has 2 atom stereocenters. The molecule has 1 aliphatic rings. The van der Waals surface area contributed by atoms with E-state index in [0.717, 1.165) is 28.8 Å². The molecule has 0 spiro atoms. The molecule has 0 radical (unpaired) electrons. The van der Waals surface area contributed by atoms with Gasteiger partial charge in [0.25, 0.3) is 5.56 Å². The Balaban J connectivity index is 1.65. The van der Waals surface area contributed by atoms with Crippen molar-refractivity contribution < 1.29 is 0 Å². The molecule has 0 amide bonds. The van der Waals surface area contributed by atoms with E-state index in [-0.39, 0.29) is 11.5 Å². The van der Waals surface area contributed by atoms with Crippen LogP contribution in [0, 0.1) is 17.4 Å². The Labute approximate surface area is 182 Å². The normalized spacial score (nSPS) is 17.6. The summed E-state index contributed by atoms with van der Waals surface area (Å²) >= 11 is 0. The number of nitriles is 1. The highest BCUT2D eigenvalue weighted by molar-refractivity contribution is 5.85. The standard InChI is InChI=1S/C23H18N8O/c1-14-10-16(14)21-20(27-28-31(21)12-24)19-22-23(32)29(11-15-6-4-5-9-25-15)17-7-2-3-8-18(17)30(22)13-26-19/h2-9,13-14,16H,10-11H2,1H3. The lowest BCUT2D eigenvalue weighted by Crippen LogP contribution is -2.24. The molecule has 0 N–H and O–H groups in total. The minimum absolute atomic E-state index is 0.188. The highest BCUT2D eigenvalue weighted by atomic mass is 16.1. The van der Waals surface area contributed by atoms with E-state index in [1.54, 1.807) is 21.5 Å². The SMILES string of the molecule is CC1CC1c1c(-c2ncn3c2c(=O)n(Cc2ccccn2)c2ccccc23)nnn1C#N. The molecule has 0 aliphatic heterocycles. The number of aromatic nitrogens is 7. The van der Waals surface area contributed by atoms with Crippen LogP contribution in [0.3, 0.4) is 0 Å². The van der Waals surface area contributed by atoms with E-state index in [2.05, 4.69) is 33.4 Å². The van der Waals surface area contributed by atoms with Crippen molar-refractivity contribution in [2.45, 2.75) is 25.8 Å². The number of fused-ring (bicyclic) bond motifs is 3. The van der Waals surface area contributed by atoms with Gasteiger partial charge in [0.15, 0.2) is 0 Å². The number of hydrogen-bond acceptors (Lipinski definition) is 6. The summed E-state index contributed by atoms with van der Waals surface area (Å²) in [7, 11) is 0. The van der Waals surface area contributed by atoms with Crippen LogP contribution in [0.1, 0.15) is 30.7 Å². The smallest absolute Gasteiger partial charge is 0.278 e. The number of pyridine rings is 1. The van der Waals surface area contributed by atoms with Crippen molar-refractivity contribution in [3.63, 3.8) is 0 Å². The largest absolute Gasteiger partial charge is 0.299 e. The highest BCUT2D eigenvalue weighted by Gasteiger charge is 2.40. The highest BCUT2D eigenvalue weighted by Crippen LogP contribution is 2.49. The van der Waals surface area contributed by atoms with E-state index in [0.29, 0.717) is 29.4 Å². The van der Waals surface area contributed by atoms with Crippen LogP contribution in [0.4, 0.5) is 0 Å². The van der Waals surface area contributed by atoms with E-state index >= 15 is 0 Å². The van der Waals surface area contributed by atoms with Crippen LogP contribution in [0.15, 0.2) is 59.8 Å². The average Bonchev–Trinajstić information content (AvgIpc) is 3.22. The van der Waals surface area contributed by atoms with E-state index in [9.17, 15) is 10.1 Å². The van der Waals surface area contributed by atoms with Crippen LogP contribution in [-0.4, -0.2) is 33.9 Å². The second kappa shape index (κ2) is 6.85. The lowest BCUT2D eigenvalue weighted by atomic mass is 10.1. The summed E-state index contributed by atoms with van der Waals surface area (Å²) in [5.41, 5.74) is 4.33. The molecule has 156 valence electrons. The van der Waals surface area contributed by atoms with Crippen LogP contribution in [0.2, 0.25) is 0 Å². The van der Waals surface area contributed by atoms with E-state index in [4.69, 9.17) is 0 Å². The number of rotatable bonds is 4. The van der Waals surface area contributed by atoms with Crippen LogP contribution >= 0.6 is 0 Å². The first-order valence-electron chi connectivity index (χ1n) is 10.4. The zero-order valence-electron chi connectivity index (χ0n) is 17.3. The van der Waals surface area contributed by atoms with Crippen molar-refractivity contribution in [2.24, 2.45) is 5.92 Å².